The number of hydrogen-bond donors (Lipinski definition) is 1. The number of hydrogen-bond acceptors (Lipinski definition) is 5. The fourth-order valence-corrected chi connectivity index (χ4v) is 2.20. The molecule has 3 aromatic rings. The summed E-state index contributed by atoms with van der Waals surface area (Å²) in [4.78, 5) is 0. The van der Waals surface area contributed by atoms with Crippen molar-refractivity contribution in [2.45, 2.75) is 20.3 Å². The molecule has 23 heavy (non-hydrogen) atoms. The lowest BCUT2D eigenvalue weighted by molar-refractivity contribution is 0.776. The van der Waals surface area contributed by atoms with Gasteiger partial charge in [-0.3, -0.25) is 5.43 Å². The summed E-state index contributed by atoms with van der Waals surface area (Å²) in [6.07, 6.45) is 2.31. The molecule has 2 aromatic carbocycles. The van der Waals surface area contributed by atoms with Gasteiger partial charge in [-0.05, 0) is 53.6 Å². The summed E-state index contributed by atoms with van der Waals surface area (Å²) in [5.74, 6) is 0.739. The molecule has 0 aliphatic heterocycles. The Balaban J connectivity index is 1.67. The van der Waals surface area contributed by atoms with E-state index in [-0.39, 0.29) is 0 Å². The molecule has 0 unspecified atom stereocenters. The lowest BCUT2D eigenvalue weighted by Gasteiger charge is -2.05. The van der Waals surface area contributed by atoms with Crippen LogP contribution in [-0.4, -0.2) is 26.4 Å². The van der Waals surface area contributed by atoms with E-state index in [1.807, 2.05) is 37.3 Å². The Kier molecular flexibility index (Phi) is 4.42. The summed E-state index contributed by atoms with van der Waals surface area (Å²) in [5, 5.41) is 16.1. The highest BCUT2D eigenvalue weighted by Gasteiger charge is 2.06. The highest BCUT2D eigenvalue weighted by Crippen LogP contribution is 2.16. The average Bonchev–Trinajstić information content (AvgIpc) is 3.04. The molecular formula is C17H18N6. The molecule has 0 saturated heterocycles. The van der Waals surface area contributed by atoms with Crippen LogP contribution in [-0.2, 0) is 6.42 Å². The lowest BCUT2D eigenvalue weighted by Crippen LogP contribution is -2.04. The monoisotopic (exact) mass is 306 g/mol. The fraction of sp³-hybridized carbons (Fsp3) is 0.176. The fourth-order valence-electron chi connectivity index (χ4n) is 2.20. The molecule has 0 spiro atoms. The highest BCUT2D eigenvalue weighted by molar-refractivity contribution is 5.63. The zero-order valence-electron chi connectivity index (χ0n) is 13.1. The average molecular weight is 306 g/mol. The number of nitrogens with one attached hydrogen (secondary N) is 1. The number of rotatable bonds is 5. The van der Waals surface area contributed by atoms with Crippen LogP contribution in [0.2, 0.25) is 0 Å². The first-order chi connectivity index (χ1) is 11.2. The Morgan fingerprint density at radius 3 is 2.78 bits per heavy atom. The second-order valence-corrected chi connectivity index (χ2v) is 5.29. The maximum atomic E-state index is 4.27. The van der Waals surface area contributed by atoms with E-state index in [1.165, 1.54) is 5.56 Å². The van der Waals surface area contributed by atoms with Crippen LogP contribution in [0.4, 0.5) is 5.69 Å². The number of hydrazone groups is 1. The minimum atomic E-state index is 0.541. The van der Waals surface area contributed by atoms with E-state index in [9.17, 15) is 0 Å². The molecule has 6 heteroatoms. The van der Waals surface area contributed by atoms with Crippen LogP contribution in [0.15, 0.2) is 53.6 Å². The van der Waals surface area contributed by atoms with Crippen molar-refractivity contribution in [2.24, 2.45) is 5.10 Å². The van der Waals surface area contributed by atoms with Gasteiger partial charge in [-0.1, -0.05) is 30.3 Å². The molecule has 1 aromatic heterocycles. The van der Waals surface area contributed by atoms with Gasteiger partial charge in [0.05, 0.1) is 11.4 Å². The van der Waals surface area contributed by atoms with Gasteiger partial charge in [0.2, 0.25) is 0 Å². The maximum absolute atomic E-state index is 4.27. The molecule has 0 amide bonds. The van der Waals surface area contributed by atoms with Gasteiger partial charge < -0.3 is 0 Å². The Morgan fingerprint density at radius 1 is 1.13 bits per heavy atom. The van der Waals surface area contributed by atoms with E-state index in [2.05, 4.69) is 51.2 Å². The maximum Gasteiger partial charge on any atom is 0.162 e. The van der Waals surface area contributed by atoms with Crippen LogP contribution in [0, 0.1) is 13.8 Å². The molecule has 0 saturated carbocycles. The molecule has 116 valence electrons. The summed E-state index contributed by atoms with van der Waals surface area (Å²) in [6.45, 7) is 4.11. The number of aryl methyl sites for hydroxylation is 2. The number of nitrogens with zero attached hydrogens (tertiary/aromatic N) is 5. The van der Waals surface area contributed by atoms with Crippen LogP contribution in [0.3, 0.4) is 0 Å². The zero-order chi connectivity index (χ0) is 16.1. The van der Waals surface area contributed by atoms with Gasteiger partial charge in [0.25, 0.3) is 0 Å². The molecule has 6 nitrogen and oxygen atoms in total. The molecule has 0 aliphatic rings. The molecule has 0 fully saturated rings. The third-order valence-corrected chi connectivity index (χ3v) is 3.48. The third kappa shape index (κ3) is 3.60. The Hall–Kier alpha value is -3.02. The first-order valence-corrected chi connectivity index (χ1v) is 7.41. The topological polar surface area (TPSA) is 68.0 Å². The summed E-state index contributed by atoms with van der Waals surface area (Å²) >= 11 is 0. The Morgan fingerprint density at radius 2 is 1.96 bits per heavy atom. The van der Waals surface area contributed by atoms with Crippen molar-refractivity contribution in [2.75, 3.05) is 5.43 Å². The predicted molar refractivity (Wildman–Crippen MR) is 90.9 cm³/mol. The van der Waals surface area contributed by atoms with E-state index >= 15 is 0 Å². The molecular weight excluding hydrogens is 288 g/mol. The highest BCUT2D eigenvalue weighted by atomic mass is 15.5. The van der Waals surface area contributed by atoms with Crippen molar-refractivity contribution in [1.82, 2.24) is 20.2 Å². The first kappa shape index (κ1) is 14.9. The van der Waals surface area contributed by atoms with E-state index < -0.39 is 0 Å². The normalized spacial score (nSPS) is 11.0. The van der Waals surface area contributed by atoms with Crippen LogP contribution < -0.4 is 5.43 Å². The second kappa shape index (κ2) is 6.83. The standard InChI is InChI=1S/C17H18N6/c1-13-8-9-14(2)16(12-13)19-18-11-10-17-20-21-22-23(17)15-6-4-3-5-7-15/h3-9,11-12,19H,10H2,1-2H3. The van der Waals surface area contributed by atoms with Crippen molar-refractivity contribution >= 4 is 11.9 Å². The molecule has 1 heterocycles. The van der Waals surface area contributed by atoms with Crippen LogP contribution in [0.1, 0.15) is 17.0 Å². The molecule has 0 radical (unpaired) electrons. The van der Waals surface area contributed by atoms with Crippen LogP contribution >= 0.6 is 0 Å². The van der Waals surface area contributed by atoms with Crippen molar-refractivity contribution in [3.8, 4) is 5.69 Å². The smallest absolute Gasteiger partial charge is 0.162 e. The quantitative estimate of drug-likeness (QED) is 0.581. The van der Waals surface area contributed by atoms with Crippen LogP contribution in [0.5, 0.6) is 0 Å². The van der Waals surface area contributed by atoms with Gasteiger partial charge in [0, 0.05) is 12.6 Å². The minimum absolute atomic E-state index is 0.541. The van der Waals surface area contributed by atoms with Crippen molar-refractivity contribution in [1.29, 1.82) is 0 Å². The van der Waals surface area contributed by atoms with Gasteiger partial charge in [-0.25, -0.2) is 0 Å². The van der Waals surface area contributed by atoms with Crippen molar-refractivity contribution in [3.05, 3.63) is 65.5 Å². The van der Waals surface area contributed by atoms with Crippen molar-refractivity contribution in [3.63, 3.8) is 0 Å². The number of aromatic nitrogens is 4. The predicted octanol–water partition coefficient (Wildman–Crippen LogP) is 2.92. The van der Waals surface area contributed by atoms with E-state index in [1.54, 1.807) is 10.9 Å². The summed E-state index contributed by atoms with van der Waals surface area (Å²) in [6, 6.07) is 16.0. The molecule has 0 bridgehead atoms. The summed E-state index contributed by atoms with van der Waals surface area (Å²) in [5.41, 5.74) is 7.35. The number of tetrazole rings is 1. The Labute approximate surface area is 134 Å². The zero-order valence-corrected chi connectivity index (χ0v) is 13.1. The first-order valence-electron chi connectivity index (χ1n) is 7.41. The van der Waals surface area contributed by atoms with E-state index in [0.29, 0.717) is 6.42 Å². The van der Waals surface area contributed by atoms with Gasteiger partial charge in [0.1, 0.15) is 0 Å². The van der Waals surface area contributed by atoms with E-state index in [4.69, 9.17) is 0 Å². The minimum Gasteiger partial charge on any atom is -0.279 e. The molecule has 1 N–H and O–H groups in total. The largest absolute Gasteiger partial charge is 0.279 e. The second-order valence-electron chi connectivity index (χ2n) is 5.29. The molecule has 0 aliphatic carbocycles. The summed E-state index contributed by atoms with van der Waals surface area (Å²) in [7, 11) is 0. The molecule has 3 rings (SSSR count). The Bertz CT molecular complexity index is 807. The SMILES string of the molecule is Cc1ccc(C)c(NN=CCc2nnnn2-c2ccccc2)c1. The van der Waals surface area contributed by atoms with Gasteiger partial charge in [-0.2, -0.15) is 9.78 Å². The van der Waals surface area contributed by atoms with Crippen LogP contribution in [0.25, 0.3) is 5.69 Å². The number of para-hydroxylation sites is 1. The number of benzene rings is 2. The number of anilines is 1. The van der Waals surface area contributed by atoms with Crippen molar-refractivity contribution < 1.29 is 0 Å². The lowest BCUT2D eigenvalue weighted by atomic mass is 10.1. The van der Waals surface area contributed by atoms with Gasteiger partial charge in [-0.15, -0.1) is 5.10 Å². The van der Waals surface area contributed by atoms with Gasteiger partial charge >= 0.3 is 0 Å². The van der Waals surface area contributed by atoms with E-state index in [0.717, 1.165) is 22.8 Å². The summed E-state index contributed by atoms with van der Waals surface area (Å²) < 4.78 is 1.71. The molecule has 0 atom stereocenters. The third-order valence-electron chi connectivity index (χ3n) is 3.48. The van der Waals surface area contributed by atoms with Gasteiger partial charge in [0.15, 0.2) is 5.82 Å².